The van der Waals surface area contributed by atoms with E-state index in [1.54, 1.807) is 0 Å². The molecular weight excluding hydrogens is 232 g/mol. The molecule has 0 saturated heterocycles. The van der Waals surface area contributed by atoms with Crippen LogP contribution in [0.3, 0.4) is 0 Å². The van der Waals surface area contributed by atoms with Gasteiger partial charge in [0, 0.05) is 13.0 Å². The van der Waals surface area contributed by atoms with Gasteiger partial charge in [-0.1, -0.05) is 12.8 Å². The molecule has 2 N–H and O–H groups in total. The van der Waals surface area contributed by atoms with Crippen molar-refractivity contribution in [1.29, 1.82) is 0 Å². The molecule has 0 aliphatic heterocycles. The van der Waals surface area contributed by atoms with Crippen molar-refractivity contribution >= 4 is 11.9 Å². The van der Waals surface area contributed by atoms with Crippen LogP contribution in [0.4, 0.5) is 0 Å². The van der Waals surface area contributed by atoms with Gasteiger partial charge in [0.2, 0.25) is 5.91 Å². The van der Waals surface area contributed by atoms with Crippen molar-refractivity contribution in [2.24, 2.45) is 5.41 Å². The molecule has 0 atom stereocenters. The van der Waals surface area contributed by atoms with Crippen LogP contribution in [0, 0.1) is 5.41 Å². The summed E-state index contributed by atoms with van der Waals surface area (Å²) in [5.41, 5.74) is -0.800. The fraction of sp³-hybridized carbons (Fsp3) is 0.846. The number of amides is 1. The number of hydrogen-bond donors (Lipinski definition) is 2. The molecule has 18 heavy (non-hydrogen) atoms. The zero-order valence-corrected chi connectivity index (χ0v) is 11.4. The van der Waals surface area contributed by atoms with Gasteiger partial charge in [-0.2, -0.15) is 0 Å². The quantitative estimate of drug-likeness (QED) is 0.669. The minimum atomic E-state index is -0.816. The summed E-state index contributed by atoms with van der Waals surface area (Å²) in [5.74, 6) is -0.943. The highest BCUT2D eigenvalue weighted by Gasteiger charge is 2.42. The Labute approximate surface area is 109 Å². The van der Waals surface area contributed by atoms with E-state index in [1.807, 2.05) is 14.1 Å². The van der Waals surface area contributed by atoms with Crippen LogP contribution in [0.1, 0.15) is 38.5 Å². The predicted octanol–water partition coefficient (Wildman–Crippen LogP) is 1.09. The molecule has 0 aromatic carbocycles. The van der Waals surface area contributed by atoms with Crippen LogP contribution < -0.4 is 5.32 Å². The maximum Gasteiger partial charge on any atom is 0.310 e. The van der Waals surface area contributed by atoms with Crippen LogP contribution in [0.2, 0.25) is 0 Å². The van der Waals surface area contributed by atoms with E-state index in [1.165, 1.54) is 0 Å². The van der Waals surface area contributed by atoms with Crippen LogP contribution in [-0.4, -0.2) is 49.1 Å². The molecule has 1 aliphatic carbocycles. The molecule has 1 fully saturated rings. The molecule has 5 heteroatoms. The smallest absolute Gasteiger partial charge is 0.310 e. The van der Waals surface area contributed by atoms with Crippen molar-refractivity contribution in [2.45, 2.75) is 38.5 Å². The monoisotopic (exact) mass is 256 g/mol. The molecule has 1 rings (SSSR count). The summed E-state index contributed by atoms with van der Waals surface area (Å²) < 4.78 is 0. The minimum absolute atomic E-state index is 0.127. The van der Waals surface area contributed by atoms with Crippen molar-refractivity contribution in [3.8, 4) is 0 Å². The standard InChI is InChI=1S/C13H24N2O3/c1-15(2)9-5-8-14-11(16)10-13(12(17)18)6-3-4-7-13/h3-10H2,1-2H3,(H,14,16)(H,17,18). The zero-order valence-electron chi connectivity index (χ0n) is 11.4. The first kappa shape index (κ1) is 15.0. The average molecular weight is 256 g/mol. The maximum atomic E-state index is 11.8. The lowest BCUT2D eigenvalue weighted by atomic mass is 9.82. The number of rotatable bonds is 7. The third-order valence-corrected chi connectivity index (χ3v) is 3.62. The van der Waals surface area contributed by atoms with Gasteiger partial charge in [0.1, 0.15) is 0 Å². The van der Waals surface area contributed by atoms with E-state index >= 15 is 0 Å². The molecule has 1 amide bonds. The van der Waals surface area contributed by atoms with Gasteiger partial charge >= 0.3 is 5.97 Å². The Morgan fingerprint density at radius 3 is 2.39 bits per heavy atom. The lowest BCUT2D eigenvalue weighted by Gasteiger charge is -2.22. The van der Waals surface area contributed by atoms with Crippen LogP contribution >= 0.6 is 0 Å². The number of carboxylic acid groups (broad SMARTS) is 1. The Morgan fingerprint density at radius 1 is 1.28 bits per heavy atom. The average Bonchev–Trinajstić information content (AvgIpc) is 2.74. The number of aliphatic carboxylic acids is 1. The Balaban J connectivity index is 2.32. The maximum absolute atomic E-state index is 11.8. The van der Waals surface area contributed by atoms with Gasteiger partial charge < -0.3 is 15.3 Å². The molecule has 104 valence electrons. The first-order valence-corrected chi connectivity index (χ1v) is 6.61. The molecule has 0 bridgehead atoms. The highest BCUT2D eigenvalue weighted by Crippen LogP contribution is 2.41. The van der Waals surface area contributed by atoms with Gasteiger partial charge in [-0.3, -0.25) is 9.59 Å². The second kappa shape index (κ2) is 6.73. The molecule has 0 radical (unpaired) electrons. The summed E-state index contributed by atoms with van der Waals surface area (Å²) in [5, 5.41) is 12.1. The first-order chi connectivity index (χ1) is 8.46. The van der Waals surface area contributed by atoms with E-state index in [-0.39, 0.29) is 12.3 Å². The number of carbonyl (C=O) groups excluding carboxylic acids is 1. The van der Waals surface area contributed by atoms with Gasteiger partial charge in [0.25, 0.3) is 0 Å². The molecule has 0 unspecified atom stereocenters. The molecule has 1 saturated carbocycles. The van der Waals surface area contributed by atoms with Crippen LogP contribution in [0.5, 0.6) is 0 Å². The van der Waals surface area contributed by atoms with Crippen molar-refractivity contribution in [1.82, 2.24) is 10.2 Å². The van der Waals surface area contributed by atoms with Gasteiger partial charge in [0.15, 0.2) is 0 Å². The number of nitrogens with one attached hydrogen (secondary N) is 1. The van der Waals surface area contributed by atoms with Crippen molar-refractivity contribution < 1.29 is 14.7 Å². The highest BCUT2D eigenvalue weighted by atomic mass is 16.4. The third kappa shape index (κ3) is 4.29. The van der Waals surface area contributed by atoms with Crippen molar-refractivity contribution in [2.75, 3.05) is 27.2 Å². The Morgan fingerprint density at radius 2 is 1.89 bits per heavy atom. The van der Waals surface area contributed by atoms with E-state index < -0.39 is 11.4 Å². The summed E-state index contributed by atoms with van der Waals surface area (Å²) in [6.07, 6.45) is 4.12. The Bertz CT molecular complexity index is 297. The fourth-order valence-electron chi connectivity index (χ4n) is 2.51. The summed E-state index contributed by atoms with van der Waals surface area (Å²) in [7, 11) is 3.97. The van der Waals surface area contributed by atoms with Gasteiger partial charge in [-0.15, -0.1) is 0 Å². The van der Waals surface area contributed by atoms with Crippen molar-refractivity contribution in [3.05, 3.63) is 0 Å². The number of hydrogen-bond acceptors (Lipinski definition) is 3. The third-order valence-electron chi connectivity index (χ3n) is 3.62. The van der Waals surface area contributed by atoms with E-state index in [0.29, 0.717) is 19.4 Å². The number of carbonyl (C=O) groups is 2. The second-order valence-corrected chi connectivity index (χ2v) is 5.48. The number of nitrogens with zero attached hydrogens (tertiary/aromatic N) is 1. The first-order valence-electron chi connectivity index (χ1n) is 6.61. The summed E-state index contributed by atoms with van der Waals surface area (Å²) >= 11 is 0. The summed E-state index contributed by atoms with van der Waals surface area (Å²) in [6, 6.07) is 0. The summed E-state index contributed by atoms with van der Waals surface area (Å²) in [4.78, 5) is 25.1. The van der Waals surface area contributed by atoms with E-state index in [4.69, 9.17) is 0 Å². The lowest BCUT2D eigenvalue weighted by molar-refractivity contribution is -0.151. The highest BCUT2D eigenvalue weighted by molar-refractivity contribution is 5.85. The molecule has 0 aromatic heterocycles. The predicted molar refractivity (Wildman–Crippen MR) is 69.3 cm³/mol. The molecular formula is C13H24N2O3. The van der Waals surface area contributed by atoms with E-state index in [0.717, 1.165) is 25.8 Å². The van der Waals surface area contributed by atoms with Crippen LogP contribution in [0.25, 0.3) is 0 Å². The summed E-state index contributed by atoms with van der Waals surface area (Å²) in [6.45, 7) is 1.54. The molecule has 0 spiro atoms. The zero-order chi connectivity index (χ0) is 13.6. The van der Waals surface area contributed by atoms with E-state index in [2.05, 4.69) is 10.2 Å². The van der Waals surface area contributed by atoms with Crippen LogP contribution in [0.15, 0.2) is 0 Å². The minimum Gasteiger partial charge on any atom is -0.481 e. The largest absolute Gasteiger partial charge is 0.481 e. The lowest BCUT2D eigenvalue weighted by Crippen LogP contribution is -2.36. The number of carboxylic acids is 1. The molecule has 5 nitrogen and oxygen atoms in total. The van der Waals surface area contributed by atoms with Gasteiger partial charge in [-0.05, 0) is 39.9 Å². The Kier molecular flexibility index (Phi) is 5.59. The van der Waals surface area contributed by atoms with E-state index in [9.17, 15) is 14.7 Å². The molecule has 0 aromatic rings. The second-order valence-electron chi connectivity index (χ2n) is 5.48. The van der Waals surface area contributed by atoms with Crippen LogP contribution in [-0.2, 0) is 9.59 Å². The van der Waals surface area contributed by atoms with Crippen molar-refractivity contribution in [3.63, 3.8) is 0 Å². The molecule has 1 aliphatic rings. The van der Waals surface area contributed by atoms with Gasteiger partial charge in [-0.25, -0.2) is 0 Å². The molecule has 0 heterocycles. The fourth-order valence-corrected chi connectivity index (χ4v) is 2.51. The topological polar surface area (TPSA) is 69.6 Å². The Hall–Kier alpha value is -1.10. The SMILES string of the molecule is CN(C)CCCNC(=O)CC1(C(=O)O)CCCC1. The normalized spacial score (nSPS) is 17.9. The van der Waals surface area contributed by atoms with Gasteiger partial charge in [0.05, 0.1) is 5.41 Å².